The van der Waals surface area contributed by atoms with Gasteiger partial charge in [0.05, 0.1) is 18.2 Å². The highest BCUT2D eigenvalue weighted by Gasteiger charge is 2.35. The van der Waals surface area contributed by atoms with Crippen LogP contribution in [-0.2, 0) is 4.79 Å². The minimum absolute atomic E-state index is 0.0223. The summed E-state index contributed by atoms with van der Waals surface area (Å²) < 4.78 is 2.22. The summed E-state index contributed by atoms with van der Waals surface area (Å²) in [5.74, 6) is 0.0241. The van der Waals surface area contributed by atoms with Gasteiger partial charge < -0.3 is 18.8 Å². The third-order valence-electron chi connectivity index (χ3n) is 5.04. The molecule has 1 unspecified atom stereocenters. The molecule has 0 aliphatic carbocycles. The molecule has 0 amide bonds. The first-order chi connectivity index (χ1) is 13.1. The molecule has 2 heterocycles. The predicted molar refractivity (Wildman–Crippen MR) is 106 cm³/mol. The first-order valence-corrected chi connectivity index (χ1v) is 9.63. The summed E-state index contributed by atoms with van der Waals surface area (Å²) in [4.78, 5) is 21.0. The van der Waals surface area contributed by atoms with Crippen molar-refractivity contribution in [3.8, 4) is 0 Å². The van der Waals surface area contributed by atoms with E-state index < -0.39 is 5.97 Å². The molecule has 1 saturated heterocycles. The van der Waals surface area contributed by atoms with Crippen molar-refractivity contribution < 1.29 is 9.90 Å². The minimum Gasteiger partial charge on any atom is -0.481 e. The number of carboxylic acid groups (broad SMARTS) is 1. The van der Waals surface area contributed by atoms with E-state index in [4.69, 9.17) is 4.99 Å². The van der Waals surface area contributed by atoms with E-state index in [0.717, 1.165) is 49.1 Å². The number of hydrogen-bond donors (Lipinski definition) is 1. The highest BCUT2D eigenvalue weighted by atomic mass is 27.1. The van der Waals surface area contributed by atoms with Crippen molar-refractivity contribution in [1.29, 1.82) is 0 Å². The van der Waals surface area contributed by atoms with Crippen molar-refractivity contribution in [3.63, 3.8) is 0 Å². The number of hydrogen-bond acceptors (Lipinski definition) is 5. The maximum atomic E-state index is 11.7. The fourth-order valence-electron chi connectivity index (χ4n) is 3.71. The fourth-order valence-corrected chi connectivity index (χ4v) is 3.94. The molecule has 2 aliphatic heterocycles. The molecule has 2 aliphatic rings. The Morgan fingerprint density at radius 1 is 1.04 bits per heavy atom. The van der Waals surface area contributed by atoms with Gasteiger partial charge in [-0.3, -0.25) is 4.79 Å². The normalized spacial score (nSPS) is 20.1. The molecular formula is C20H21AlN4O2. The molecule has 136 valence electrons. The average molecular weight is 376 g/mol. The Balaban J connectivity index is 1.82. The number of rotatable bonds is 3. The molecule has 2 aromatic carbocycles. The Bertz CT molecular complexity index is 850. The van der Waals surface area contributed by atoms with E-state index in [2.05, 4.69) is 30.2 Å². The number of fused-ring (bicyclic) bond motifs is 1. The van der Waals surface area contributed by atoms with Gasteiger partial charge in [-0.1, -0.05) is 36.4 Å². The molecule has 27 heavy (non-hydrogen) atoms. The van der Waals surface area contributed by atoms with Crippen molar-refractivity contribution in [1.82, 2.24) is 8.78 Å². The monoisotopic (exact) mass is 376 g/mol. The lowest BCUT2D eigenvalue weighted by Gasteiger charge is -2.44. The smallest absolute Gasteiger partial charge is 0.305 e. The Hall–Kier alpha value is -2.33. The van der Waals surface area contributed by atoms with E-state index in [1.165, 1.54) is 0 Å². The third kappa shape index (κ3) is 3.72. The van der Waals surface area contributed by atoms with E-state index in [1.54, 1.807) is 0 Å². The first kappa shape index (κ1) is 18.1. The van der Waals surface area contributed by atoms with Crippen LogP contribution in [0.25, 0.3) is 0 Å². The maximum absolute atomic E-state index is 11.7. The summed E-state index contributed by atoms with van der Waals surface area (Å²) >= 11 is 2.76. The molecule has 7 heteroatoms. The number of para-hydroxylation sites is 2. The summed E-state index contributed by atoms with van der Waals surface area (Å²) in [6, 6.07) is 17.5. The second-order valence-corrected chi connectivity index (χ2v) is 7.54. The molecule has 0 bridgehead atoms. The predicted octanol–water partition coefficient (Wildman–Crippen LogP) is 2.41. The van der Waals surface area contributed by atoms with Crippen molar-refractivity contribution in [2.45, 2.75) is 12.5 Å². The maximum Gasteiger partial charge on any atom is 0.305 e. The van der Waals surface area contributed by atoms with Crippen LogP contribution in [-0.4, -0.2) is 68.5 Å². The van der Waals surface area contributed by atoms with Crippen LogP contribution in [0.1, 0.15) is 18.0 Å². The summed E-state index contributed by atoms with van der Waals surface area (Å²) in [6.45, 7) is 3.57. The number of carbonyl (C=O) groups is 1. The van der Waals surface area contributed by atoms with E-state index in [-0.39, 0.29) is 12.5 Å². The lowest BCUT2D eigenvalue weighted by molar-refractivity contribution is -0.137. The number of piperazine rings is 1. The second-order valence-electron chi connectivity index (χ2n) is 6.81. The quantitative estimate of drug-likeness (QED) is 0.834. The summed E-state index contributed by atoms with van der Waals surface area (Å²) in [6.07, 6.45) is 0.0223. The third-order valence-corrected chi connectivity index (χ3v) is 5.56. The molecule has 4 rings (SSSR count). The summed E-state index contributed by atoms with van der Waals surface area (Å²) in [5.41, 5.74) is 2.78. The SMILES string of the molecule is O=C(O)CC1c2ccccc2N=C(N2CC[N]([Al])CC2)N1c1ccccc1. The van der Waals surface area contributed by atoms with Crippen molar-refractivity contribution in [3.05, 3.63) is 60.2 Å². The standard InChI is InChI=1S/C20H21N4O2.Al/c25-19(26)14-18-16-8-4-5-9-17(16)22-20(23-12-10-21-11-13-23)24(18)15-6-2-1-3-7-15;/h1-9,18H,10-14H2,(H,25,26);/q-1;+1. The molecule has 0 saturated carbocycles. The molecule has 1 N–H and O–H groups in total. The fraction of sp³-hybridized carbons (Fsp3) is 0.300. The highest BCUT2D eigenvalue weighted by molar-refractivity contribution is 6.05. The molecule has 0 spiro atoms. The van der Waals surface area contributed by atoms with Gasteiger partial charge in [-0.25, -0.2) is 4.99 Å². The van der Waals surface area contributed by atoms with Crippen LogP contribution in [0, 0.1) is 0 Å². The van der Waals surface area contributed by atoms with Crippen LogP contribution in [0.5, 0.6) is 0 Å². The Morgan fingerprint density at radius 2 is 1.70 bits per heavy atom. The van der Waals surface area contributed by atoms with Gasteiger partial charge in [-0.05, 0) is 31.3 Å². The van der Waals surface area contributed by atoms with Gasteiger partial charge in [0.25, 0.3) is 16.5 Å². The van der Waals surface area contributed by atoms with Gasteiger partial charge in [0, 0.05) is 24.3 Å². The Kier molecular flexibility index (Phi) is 5.17. The zero-order valence-corrected chi connectivity index (χ0v) is 16.2. The van der Waals surface area contributed by atoms with Gasteiger partial charge in [-0.15, -0.1) is 0 Å². The molecule has 1 atom stereocenters. The van der Waals surface area contributed by atoms with Gasteiger partial charge in [-0.2, -0.15) is 0 Å². The number of aliphatic imine (C=N–C) groups is 1. The van der Waals surface area contributed by atoms with Crippen LogP contribution in [0.3, 0.4) is 0 Å². The second kappa shape index (κ2) is 7.73. The zero-order chi connectivity index (χ0) is 18.8. The van der Waals surface area contributed by atoms with Gasteiger partial charge in [0.15, 0.2) is 0 Å². The van der Waals surface area contributed by atoms with Crippen LogP contribution < -0.4 is 4.90 Å². The Morgan fingerprint density at radius 3 is 2.41 bits per heavy atom. The Labute approximate surface area is 167 Å². The number of carboxylic acids is 1. The van der Waals surface area contributed by atoms with E-state index in [0.29, 0.717) is 0 Å². The summed E-state index contributed by atoms with van der Waals surface area (Å²) in [5, 5.41) is 9.60. The topological polar surface area (TPSA) is 59.4 Å². The largest absolute Gasteiger partial charge is 0.481 e. The van der Waals surface area contributed by atoms with Crippen LogP contribution in [0.2, 0.25) is 0 Å². The van der Waals surface area contributed by atoms with Gasteiger partial charge in [0.2, 0.25) is 5.96 Å². The zero-order valence-electron chi connectivity index (χ0n) is 15.0. The van der Waals surface area contributed by atoms with E-state index in [9.17, 15) is 9.90 Å². The molecular weight excluding hydrogens is 355 g/mol. The van der Waals surface area contributed by atoms with Gasteiger partial charge in [0.1, 0.15) is 0 Å². The number of aliphatic carboxylic acids is 1. The number of benzene rings is 2. The molecule has 2 radical (unpaired) electrons. The van der Waals surface area contributed by atoms with Crippen molar-refractivity contribution >= 4 is 39.8 Å². The van der Waals surface area contributed by atoms with Gasteiger partial charge >= 0.3 is 5.97 Å². The number of guanidine groups is 1. The van der Waals surface area contributed by atoms with E-state index >= 15 is 0 Å². The molecule has 2 aromatic rings. The van der Waals surface area contributed by atoms with Crippen LogP contribution in [0.15, 0.2) is 59.6 Å². The van der Waals surface area contributed by atoms with E-state index in [1.807, 2.05) is 54.6 Å². The highest BCUT2D eigenvalue weighted by Crippen LogP contribution is 2.40. The van der Waals surface area contributed by atoms with Crippen molar-refractivity contribution in [2.75, 3.05) is 31.1 Å². The lowest BCUT2D eigenvalue weighted by Crippen LogP contribution is -2.54. The van der Waals surface area contributed by atoms with Crippen molar-refractivity contribution in [2.24, 2.45) is 4.99 Å². The lowest BCUT2D eigenvalue weighted by atomic mass is 9.97. The number of anilines is 1. The van der Waals surface area contributed by atoms with Crippen LogP contribution in [0.4, 0.5) is 11.4 Å². The number of nitrogens with zero attached hydrogens (tertiary/aromatic N) is 4. The minimum atomic E-state index is -0.813. The molecule has 6 nitrogen and oxygen atoms in total. The van der Waals surface area contributed by atoms with Crippen LogP contribution >= 0.6 is 0 Å². The average Bonchev–Trinajstić information content (AvgIpc) is 2.68. The molecule has 0 aromatic heterocycles. The summed E-state index contributed by atoms with van der Waals surface area (Å²) in [7, 11) is 0. The molecule has 1 fully saturated rings. The first-order valence-electron chi connectivity index (χ1n) is 9.12.